The number of nitrogens with zero attached hydrogens (tertiary/aromatic N) is 1. The van der Waals surface area contributed by atoms with Crippen molar-refractivity contribution < 1.29 is 14.3 Å². The van der Waals surface area contributed by atoms with Crippen LogP contribution < -0.4 is 5.32 Å². The van der Waals surface area contributed by atoms with Crippen LogP contribution in [0.25, 0.3) is 0 Å². The fraction of sp³-hybridized carbons (Fsp3) is 0.517. The van der Waals surface area contributed by atoms with Gasteiger partial charge in [0, 0.05) is 24.4 Å². The second kappa shape index (κ2) is 9.91. The maximum absolute atomic E-state index is 13.8. The quantitative estimate of drug-likeness (QED) is 0.640. The molecule has 2 aromatic rings. The van der Waals surface area contributed by atoms with Crippen molar-refractivity contribution in [3.05, 3.63) is 64.7 Å². The van der Waals surface area contributed by atoms with Gasteiger partial charge in [-0.2, -0.15) is 0 Å². The molecule has 0 saturated carbocycles. The van der Waals surface area contributed by atoms with Gasteiger partial charge in [-0.25, -0.2) is 0 Å². The molecule has 2 aliphatic heterocycles. The molecular formula is C29H38N2O3. The summed E-state index contributed by atoms with van der Waals surface area (Å²) in [5.41, 5.74) is 4.69. The standard InChI is InChI=1S/C29H38N2O3/c1-19-10-6-11-20(2)25(19)28(33)31-16-8-14-23(26(31)24-15-9-17-34-24)27(32)30-22-13-7-12-21(18-22)29(3,4)5/h6-7,10-13,18,23-24,26H,8-9,14-17H2,1-5H3,(H,30,32)/t23?,24-,26?/m1/s1. The lowest BCUT2D eigenvalue weighted by Crippen LogP contribution is -2.57. The van der Waals surface area contributed by atoms with E-state index in [2.05, 4.69) is 38.2 Å². The molecule has 2 aliphatic rings. The minimum absolute atomic E-state index is 0.000417. The van der Waals surface area contributed by atoms with Crippen molar-refractivity contribution in [2.75, 3.05) is 18.5 Å². The summed E-state index contributed by atoms with van der Waals surface area (Å²) in [5, 5.41) is 3.17. The Balaban J connectivity index is 1.63. The Morgan fingerprint density at radius 3 is 2.35 bits per heavy atom. The van der Waals surface area contributed by atoms with E-state index in [0.717, 1.165) is 48.1 Å². The van der Waals surface area contributed by atoms with Crippen molar-refractivity contribution in [1.82, 2.24) is 4.90 Å². The molecule has 2 amide bonds. The minimum atomic E-state index is -0.302. The maximum Gasteiger partial charge on any atom is 0.254 e. The third-order valence-corrected chi connectivity index (χ3v) is 7.32. The number of piperidine rings is 1. The molecule has 0 aromatic heterocycles. The van der Waals surface area contributed by atoms with Crippen molar-refractivity contribution in [3.63, 3.8) is 0 Å². The second-order valence-corrected chi connectivity index (χ2v) is 10.9. The first kappa shape index (κ1) is 24.5. The number of likely N-dealkylation sites (tertiary alicyclic amines) is 1. The van der Waals surface area contributed by atoms with Crippen LogP contribution in [0.15, 0.2) is 42.5 Å². The van der Waals surface area contributed by atoms with Crippen LogP contribution in [-0.2, 0) is 14.9 Å². The number of rotatable bonds is 4. The molecule has 5 nitrogen and oxygen atoms in total. The molecule has 0 spiro atoms. The summed E-state index contributed by atoms with van der Waals surface area (Å²) in [7, 11) is 0. The highest BCUT2D eigenvalue weighted by molar-refractivity contribution is 5.99. The average Bonchev–Trinajstić information content (AvgIpc) is 3.32. The number of hydrogen-bond acceptors (Lipinski definition) is 3. The van der Waals surface area contributed by atoms with Crippen LogP contribution in [0.1, 0.15) is 73.5 Å². The number of benzene rings is 2. The van der Waals surface area contributed by atoms with Gasteiger partial charge in [0.05, 0.1) is 18.1 Å². The number of carbonyl (C=O) groups is 2. The smallest absolute Gasteiger partial charge is 0.254 e. The zero-order valence-corrected chi connectivity index (χ0v) is 21.2. The highest BCUT2D eigenvalue weighted by atomic mass is 16.5. The van der Waals surface area contributed by atoms with Gasteiger partial charge in [0.15, 0.2) is 0 Å². The summed E-state index contributed by atoms with van der Waals surface area (Å²) in [6.07, 6.45) is 3.30. The van der Waals surface area contributed by atoms with Crippen molar-refractivity contribution >= 4 is 17.5 Å². The first-order chi connectivity index (χ1) is 16.2. The van der Waals surface area contributed by atoms with E-state index in [1.54, 1.807) is 0 Å². The average molecular weight is 463 g/mol. The van der Waals surface area contributed by atoms with Gasteiger partial charge in [-0.3, -0.25) is 9.59 Å². The van der Waals surface area contributed by atoms with E-state index in [0.29, 0.717) is 13.2 Å². The van der Waals surface area contributed by atoms with Gasteiger partial charge < -0.3 is 15.0 Å². The van der Waals surface area contributed by atoms with Crippen LogP contribution in [0, 0.1) is 19.8 Å². The summed E-state index contributed by atoms with van der Waals surface area (Å²) in [4.78, 5) is 29.4. The van der Waals surface area contributed by atoms with Gasteiger partial charge >= 0.3 is 0 Å². The van der Waals surface area contributed by atoms with E-state index in [9.17, 15) is 9.59 Å². The van der Waals surface area contributed by atoms with Gasteiger partial charge in [-0.05, 0) is 73.8 Å². The van der Waals surface area contributed by atoms with Gasteiger partial charge in [0.2, 0.25) is 5.91 Å². The molecule has 2 heterocycles. The summed E-state index contributed by atoms with van der Waals surface area (Å²) in [6, 6.07) is 13.8. The van der Waals surface area contributed by atoms with Crippen molar-refractivity contribution in [1.29, 1.82) is 0 Å². The van der Waals surface area contributed by atoms with Gasteiger partial charge in [-0.1, -0.05) is 51.1 Å². The van der Waals surface area contributed by atoms with Gasteiger partial charge in [0.1, 0.15) is 0 Å². The number of hydrogen-bond donors (Lipinski definition) is 1. The Morgan fingerprint density at radius 1 is 1.00 bits per heavy atom. The Hall–Kier alpha value is -2.66. The minimum Gasteiger partial charge on any atom is -0.376 e. The van der Waals surface area contributed by atoms with Crippen molar-refractivity contribution in [2.45, 2.75) is 77.9 Å². The fourth-order valence-corrected chi connectivity index (χ4v) is 5.47. The summed E-state index contributed by atoms with van der Waals surface area (Å²) in [5.74, 6) is -0.308. The first-order valence-electron chi connectivity index (χ1n) is 12.6. The summed E-state index contributed by atoms with van der Waals surface area (Å²) < 4.78 is 6.09. The summed E-state index contributed by atoms with van der Waals surface area (Å²) >= 11 is 0. The lowest BCUT2D eigenvalue weighted by Gasteiger charge is -2.43. The molecule has 2 unspecified atom stereocenters. The van der Waals surface area contributed by atoms with E-state index in [4.69, 9.17) is 4.74 Å². The van der Waals surface area contributed by atoms with E-state index >= 15 is 0 Å². The number of ether oxygens (including phenoxy) is 1. The molecule has 182 valence electrons. The molecule has 0 aliphatic carbocycles. The monoisotopic (exact) mass is 462 g/mol. The molecule has 2 fully saturated rings. The Bertz CT molecular complexity index is 1030. The SMILES string of the molecule is Cc1cccc(C)c1C(=O)N1CCCC(C(=O)Nc2cccc(C(C)(C)C)c2)C1[C@H]1CCCO1. The number of nitrogens with one attached hydrogen (secondary N) is 1. The maximum atomic E-state index is 13.8. The number of anilines is 1. The predicted octanol–water partition coefficient (Wildman–Crippen LogP) is 5.64. The molecular weight excluding hydrogens is 424 g/mol. The molecule has 0 bridgehead atoms. The lowest BCUT2D eigenvalue weighted by molar-refractivity contribution is -0.125. The molecule has 34 heavy (non-hydrogen) atoms. The molecule has 2 saturated heterocycles. The normalized spacial score (nSPS) is 23.1. The predicted molar refractivity (Wildman–Crippen MR) is 136 cm³/mol. The van der Waals surface area contributed by atoms with E-state index in [-0.39, 0.29) is 35.3 Å². The molecule has 5 heteroatoms. The fourth-order valence-electron chi connectivity index (χ4n) is 5.47. The van der Waals surface area contributed by atoms with Crippen molar-refractivity contribution in [3.8, 4) is 0 Å². The topological polar surface area (TPSA) is 58.6 Å². The Kier molecular flexibility index (Phi) is 7.13. The van der Waals surface area contributed by atoms with Gasteiger partial charge in [-0.15, -0.1) is 0 Å². The highest BCUT2D eigenvalue weighted by Gasteiger charge is 2.45. The highest BCUT2D eigenvalue weighted by Crippen LogP contribution is 2.34. The zero-order valence-electron chi connectivity index (χ0n) is 21.2. The molecule has 2 aromatic carbocycles. The first-order valence-corrected chi connectivity index (χ1v) is 12.6. The van der Waals surface area contributed by atoms with Crippen LogP contribution >= 0.6 is 0 Å². The number of amides is 2. The molecule has 1 N–H and O–H groups in total. The number of aryl methyl sites for hydroxylation is 2. The zero-order chi connectivity index (χ0) is 24.5. The van der Waals surface area contributed by atoms with Crippen LogP contribution in [0.4, 0.5) is 5.69 Å². The number of carbonyl (C=O) groups excluding carboxylic acids is 2. The lowest BCUT2D eigenvalue weighted by atomic mass is 9.83. The van der Waals surface area contributed by atoms with Crippen LogP contribution in [-0.4, -0.2) is 42.0 Å². The Morgan fingerprint density at radius 2 is 1.71 bits per heavy atom. The summed E-state index contributed by atoms with van der Waals surface area (Å²) in [6.45, 7) is 11.8. The third kappa shape index (κ3) is 5.05. The van der Waals surface area contributed by atoms with E-state index in [1.165, 1.54) is 5.56 Å². The van der Waals surface area contributed by atoms with Gasteiger partial charge in [0.25, 0.3) is 5.91 Å². The largest absolute Gasteiger partial charge is 0.376 e. The third-order valence-electron chi connectivity index (χ3n) is 7.32. The van der Waals surface area contributed by atoms with Crippen LogP contribution in [0.5, 0.6) is 0 Å². The van der Waals surface area contributed by atoms with E-state index < -0.39 is 0 Å². The van der Waals surface area contributed by atoms with E-state index in [1.807, 2.05) is 49.1 Å². The van der Waals surface area contributed by atoms with Crippen LogP contribution in [0.2, 0.25) is 0 Å². The second-order valence-electron chi connectivity index (χ2n) is 10.9. The molecule has 0 radical (unpaired) electrons. The molecule has 4 rings (SSSR count). The Labute approximate surface area is 203 Å². The van der Waals surface area contributed by atoms with Crippen molar-refractivity contribution in [2.24, 2.45) is 5.92 Å². The van der Waals surface area contributed by atoms with Crippen LogP contribution in [0.3, 0.4) is 0 Å². The molecule has 3 atom stereocenters.